The van der Waals surface area contributed by atoms with Crippen LogP contribution in [0.3, 0.4) is 0 Å². The largest absolute Gasteiger partial charge is 0.323 e. The van der Waals surface area contributed by atoms with Crippen LogP contribution in [0, 0.1) is 5.92 Å². The van der Waals surface area contributed by atoms with E-state index < -0.39 is 0 Å². The normalized spacial score (nSPS) is 13.4. The quantitative estimate of drug-likeness (QED) is 0.806. The lowest BCUT2D eigenvalue weighted by Crippen LogP contribution is -2.18. The van der Waals surface area contributed by atoms with Gasteiger partial charge in [-0.05, 0) is 24.8 Å². The average Bonchev–Trinajstić information content (AvgIpc) is 2.67. The van der Waals surface area contributed by atoms with Gasteiger partial charge in [-0.15, -0.1) is 0 Å². The molecule has 1 unspecified atom stereocenters. The molecule has 2 N–H and O–H groups in total. The number of hydrogen-bond acceptors (Lipinski definition) is 2. The van der Waals surface area contributed by atoms with E-state index in [0.29, 0.717) is 0 Å². The van der Waals surface area contributed by atoms with E-state index in [1.54, 1.807) is 0 Å². The van der Waals surface area contributed by atoms with Crippen molar-refractivity contribution in [3.63, 3.8) is 0 Å². The molecule has 1 atom stereocenters. The maximum absolute atomic E-state index is 6.26. The standard InChI is InChI=1S/C13H25N3/c1-5-10(6-2)8-12(14)13-9-11(7-3)15-16(13)4/h9-10,12H,5-8,14H2,1-4H3. The first-order valence-electron chi connectivity index (χ1n) is 6.40. The summed E-state index contributed by atoms with van der Waals surface area (Å²) in [4.78, 5) is 0. The molecule has 3 nitrogen and oxygen atoms in total. The Labute approximate surface area is 99.0 Å². The zero-order valence-corrected chi connectivity index (χ0v) is 11.0. The van der Waals surface area contributed by atoms with E-state index >= 15 is 0 Å². The fraction of sp³-hybridized carbons (Fsp3) is 0.769. The molecule has 92 valence electrons. The fourth-order valence-corrected chi connectivity index (χ4v) is 2.17. The molecule has 1 aromatic heterocycles. The summed E-state index contributed by atoms with van der Waals surface area (Å²) in [6.45, 7) is 6.60. The van der Waals surface area contributed by atoms with Gasteiger partial charge >= 0.3 is 0 Å². The summed E-state index contributed by atoms with van der Waals surface area (Å²) >= 11 is 0. The van der Waals surface area contributed by atoms with Crippen LogP contribution in [0.1, 0.15) is 57.5 Å². The fourth-order valence-electron chi connectivity index (χ4n) is 2.17. The predicted molar refractivity (Wildman–Crippen MR) is 68.2 cm³/mol. The molecular formula is C13H25N3. The SMILES string of the molecule is CCc1cc(C(N)CC(CC)CC)n(C)n1. The molecule has 0 fully saturated rings. The lowest BCUT2D eigenvalue weighted by Gasteiger charge is -2.18. The van der Waals surface area contributed by atoms with Crippen LogP contribution < -0.4 is 5.73 Å². The van der Waals surface area contributed by atoms with Crippen LogP contribution >= 0.6 is 0 Å². The summed E-state index contributed by atoms with van der Waals surface area (Å²) in [6.07, 6.45) is 4.46. The smallest absolute Gasteiger partial charge is 0.0625 e. The van der Waals surface area contributed by atoms with Crippen molar-refractivity contribution in [3.05, 3.63) is 17.5 Å². The zero-order chi connectivity index (χ0) is 12.1. The molecular weight excluding hydrogens is 198 g/mol. The van der Waals surface area contributed by atoms with E-state index in [1.807, 2.05) is 11.7 Å². The second-order valence-corrected chi connectivity index (χ2v) is 4.56. The van der Waals surface area contributed by atoms with Crippen LogP contribution in [0.5, 0.6) is 0 Å². The number of nitrogens with two attached hydrogens (primary N) is 1. The minimum absolute atomic E-state index is 0.127. The summed E-state index contributed by atoms with van der Waals surface area (Å²) in [5, 5.41) is 4.45. The zero-order valence-electron chi connectivity index (χ0n) is 11.0. The molecule has 1 heterocycles. The second kappa shape index (κ2) is 6.04. The maximum atomic E-state index is 6.26. The van der Waals surface area contributed by atoms with Crippen LogP contribution in [0.2, 0.25) is 0 Å². The molecule has 0 saturated heterocycles. The third-order valence-corrected chi connectivity index (χ3v) is 3.45. The monoisotopic (exact) mass is 223 g/mol. The molecule has 3 heteroatoms. The highest BCUT2D eigenvalue weighted by molar-refractivity contribution is 5.13. The van der Waals surface area contributed by atoms with Gasteiger partial charge in [-0.2, -0.15) is 5.10 Å². The molecule has 0 aromatic carbocycles. The van der Waals surface area contributed by atoms with Crippen LogP contribution in [-0.2, 0) is 13.5 Å². The van der Waals surface area contributed by atoms with E-state index in [0.717, 1.165) is 24.5 Å². The first kappa shape index (κ1) is 13.2. The molecule has 0 aliphatic rings. The van der Waals surface area contributed by atoms with Gasteiger partial charge in [0.05, 0.1) is 11.4 Å². The Kier molecular flexibility index (Phi) is 5.00. The van der Waals surface area contributed by atoms with Crippen molar-refractivity contribution < 1.29 is 0 Å². The van der Waals surface area contributed by atoms with Crippen molar-refractivity contribution in [1.29, 1.82) is 0 Å². The third-order valence-electron chi connectivity index (χ3n) is 3.45. The highest BCUT2D eigenvalue weighted by atomic mass is 15.3. The van der Waals surface area contributed by atoms with E-state index in [-0.39, 0.29) is 6.04 Å². The molecule has 0 aliphatic carbocycles. The van der Waals surface area contributed by atoms with Gasteiger partial charge in [-0.3, -0.25) is 4.68 Å². The van der Waals surface area contributed by atoms with Crippen molar-refractivity contribution in [2.24, 2.45) is 18.7 Å². The maximum Gasteiger partial charge on any atom is 0.0625 e. The van der Waals surface area contributed by atoms with Gasteiger partial charge < -0.3 is 5.73 Å². The van der Waals surface area contributed by atoms with E-state index in [2.05, 4.69) is 31.9 Å². The highest BCUT2D eigenvalue weighted by Gasteiger charge is 2.16. The Morgan fingerprint density at radius 3 is 2.38 bits per heavy atom. The number of aryl methyl sites for hydroxylation is 2. The van der Waals surface area contributed by atoms with Gasteiger partial charge in [0.2, 0.25) is 0 Å². The Hall–Kier alpha value is -0.830. The van der Waals surface area contributed by atoms with Gasteiger partial charge in [0.15, 0.2) is 0 Å². The predicted octanol–water partition coefficient (Wildman–Crippen LogP) is 2.81. The molecule has 0 bridgehead atoms. The van der Waals surface area contributed by atoms with Crippen molar-refractivity contribution >= 4 is 0 Å². The molecule has 0 radical (unpaired) electrons. The first-order valence-corrected chi connectivity index (χ1v) is 6.40. The lowest BCUT2D eigenvalue weighted by atomic mass is 9.93. The average molecular weight is 223 g/mol. The van der Waals surface area contributed by atoms with Crippen LogP contribution in [0.25, 0.3) is 0 Å². The third kappa shape index (κ3) is 3.08. The number of nitrogens with zero attached hydrogens (tertiary/aromatic N) is 2. The van der Waals surface area contributed by atoms with Crippen molar-refractivity contribution in [2.45, 2.75) is 52.5 Å². The number of rotatable bonds is 6. The Bertz CT molecular complexity index is 313. The van der Waals surface area contributed by atoms with E-state index in [4.69, 9.17) is 5.73 Å². The highest BCUT2D eigenvalue weighted by Crippen LogP contribution is 2.23. The molecule has 0 amide bonds. The minimum Gasteiger partial charge on any atom is -0.323 e. The molecule has 1 aromatic rings. The van der Waals surface area contributed by atoms with Gasteiger partial charge in [0.1, 0.15) is 0 Å². The van der Waals surface area contributed by atoms with Crippen molar-refractivity contribution in [1.82, 2.24) is 9.78 Å². The second-order valence-electron chi connectivity index (χ2n) is 4.56. The Morgan fingerprint density at radius 1 is 1.31 bits per heavy atom. The topological polar surface area (TPSA) is 43.8 Å². The van der Waals surface area contributed by atoms with Crippen LogP contribution in [-0.4, -0.2) is 9.78 Å². The molecule has 0 spiro atoms. The molecule has 0 aliphatic heterocycles. The first-order chi connectivity index (χ1) is 7.62. The lowest BCUT2D eigenvalue weighted by molar-refractivity contribution is 0.404. The summed E-state index contributed by atoms with van der Waals surface area (Å²) in [5.74, 6) is 0.731. The van der Waals surface area contributed by atoms with Gasteiger partial charge in [0, 0.05) is 13.1 Å². The Balaban J connectivity index is 2.71. The van der Waals surface area contributed by atoms with Gasteiger partial charge in [0.25, 0.3) is 0 Å². The van der Waals surface area contributed by atoms with Gasteiger partial charge in [-0.1, -0.05) is 33.6 Å². The Morgan fingerprint density at radius 2 is 1.94 bits per heavy atom. The van der Waals surface area contributed by atoms with Crippen molar-refractivity contribution in [3.8, 4) is 0 Å². The molecule has 1 rings (SSSR count). The van der Waals surface area contributed by atoms with Crippen LogP contribution in [0.4, 0.5) is 0 Å². The molecule has 16 heavy (non-hydrogen) atoms. The van der Waals surface area contributed by atoms with Crippen LogP contribution in [0.15, 0.2) is 6.07 Å². The van der Waals surface area contributed by atoms with E-state index in [1.165, 1.54) is 18.5 Å². The summed E-state index contributed by atoms with van der Waals surface area (Å²) < 4.78 is 1.94. The number of aromatic nitrogens is 2. The summed E-state index contributed by atoms with van der Waals surface area (Å²) in [7, 11) is 1.99. The summed E-state index contributed by atoms with van der Waals surface area (Å²) in [5.41, 5.74) is 8.56. The summed E-state index contributed by atoms with van der Waals surface area (Å²) in [6, 6.07) is 2.27. The number of hydrogen-bond donors (Lipinski definition) is 1. The van der Waals surface area contributed by atoms with Crippen molar-refractivity contribution in [2.75, 3.05) is 0 Å². The molecule has 0 saturated carbocycles. The van der Waals surface area contributed by atoms with E-state index in [9.17, 15) is 0 Å². The van der Waals surface area contributed by atoms with Gasteiger partial charge in [-0.25, -0.2) is 0 Å². The minimum atomic E-state index is 0.127.